The molecule has 0 aliphatic rings. The predicted molar refractivity (Wildman–Crippen MR) is 48.8 cm³/mol. The molecule has 1 rings (SSSR count). The van der Waals surface area contributed by atoms with E-state index in [1.165, 1.54) is 0 Å². The molecule has 0 aliphatic carbocycles. The summed E-state index contributed by atoms with van der Waals surface area (Å²) in [5, 5.41) is -0.287. The minimum absolute atomic E-state index is 0.287. The van der Waals surface area contributed by atoms with E-state index in [0.29, 0.717) is 6.07 Å². The van der Waals surface area contributed by atoms with Crippen molar-refractivity contribution in [2.24, 2.45) is 5.73 Å². The molecule has 0 spiro atoms. The lowest BCUT2D eigenvalue weighted by Crippen LogP contribution is -2.29. The van der Waals surface area contributed by atoms with Crippen LogP contribution in [0.4, 0.5) is 23.2 Å². The van der Waals surface area contributed by atoms with Gasteiger partial charge in [0.2, 0.25) is 0 Å². The van der Waals surface area contributed by atoms with E-state index < -0.39 is 23.6 Å². The molecule has 1 aromatic rings. The first-order chi connectivity index (χ1) is 6.73. The second-order valence-corrected chi connectivity index (χ2v) is 3.32. The summed E-state index contributed by atoms with van der Waals surface area (Å²) in [5.41, 5.74) is 9.23. The van der Waals surface area contributed by atoms with E-state index in [1.54, 1.807) is 0 Å². The van der Waals surface area contributed by atoms with Crippen molar-refractivity contribution in [2.45, 2.75) is 12.2 Å². The highest BCUT2D eigenvalue weighted by atomic mass is 35.5. The maximum absolute atomic E-state index is 12.8. The zero-order valence-electron chi connectivity index (χ0n) is 7.28. The third-order valence-corrected chi connectivity index (χ3v) is 2.13. The molecule has 0 saturated carbocycles. The molecule has 0 radical (unpaired) electrons. The van der Waals surface area contributed by atoms with Crippen LogP contribution in [-0.2, 0) is 0 Å². The van der Waals surface area contributed by atoms with Gasteiger partial charge in [-0.05, 0) is 12.1 Å². The van der Waals surface area contributed by atoms with Crippen molar-refractivity contribution in [3.05, 3.63) is 28.5 Å². The summed E-state index contributed by atoms with van der Waals surface area (Å²) < 4.78 is 49.5. The zero-order chi connectivity index (χ0) is 11.8. The number of halogens is 5. The van der Waals surface area contributed by atoms with Gasteiger partial charge >= 0.3 is 6.18 Å². The summed E-state index contributed by atoms with van der Waals surface area (Å²) in [7, 11) is 0. The smallest absolute Gasteiger partial charge is 0.397 e. The molecule has 0 unspecified atom stereocenters. The van der Waals surface area contributed by atoms with E-state index in [1.807, 2.05) is 0 Å². The quantitative estimate of drug-likeness (QED) is 0.588. The second-order valence-electron chi connectivity index (χ2n) is 2.91. The van der Waals surface area contributed by atoms with Crippen LogP contribution in [0.15, 0.2) is 12.1 Å². The number of alkyl halides is 3. The van der Waals surface area contributed by atoms with Gasteiger partial charge in [-0.25, -0.2) is 4.39 Å². The number of nitrogen functional groups attached to an aromatic ring is 1. The third kappa shape index (κ3) is 2.51. The lowest BCUT2D eigenvalue weighted by molar-refractivity contribution is -0.149. The van der Waals surface area contributed by atoms with Crippen molar-refractivity contribution in [3.63, 3.8) is 0 Å². The Hall–Kier alpha value is -1.01. The van der Waals surface area contributed by atoms with Crippen LogP contribution >= 0.6 is 11.6 Å². The van der Waals surface area contributed by atoms with E-state index in [9.17, 15) is 17.6 Å². The highest BCUT2D eigenvalue weighted by Gasteiger charge is 2.39. The Morgan fingerprint density at radius 3 is 2.27 bits per heavy atom. The summed E-state index contributed by atoms with van der Waals surface area (Å²) in [5.74, 6) is -0.913. The van der Waals surface area contributed by atoms with Gasteiger partial charge in [-0.2, -0.15) is 13.2 Å². The summed E-state index contributed by atoms with van der Waals surface area (Å²) in [6.45, 7) is 0. The molecule has 7 heteroatoms. The van der Waals surface area contributed by atoms with Crippen LogP contribution in [0.1, 0.15) is 11.6 Å². The number of benzene rings is 1. The molecule has 0 saturated heterocycles. The zero-order valence-corrected chi connectivity index (χ0v) is 8.03. The van der Waals surface area contributed by atoms with Gasteiger partial charge in [-0.15, -0.1) is 0 Å². The number of rotatable bonds is 1. The van der Waals surface area contributed by atoms with Gasteiger partial charge in [0.15, 0.2) is 0 Å². The van der Waals surface area contributed by atoms with Gasteiger partial charge in [0.25, 0.3) is 0 Å². The van der Waals surface area contributed by atoms with Crippen molar-refractivity contribution in [2.75, 3.05) is 5.73 Å². The van der Waals surface area contributed by atoms with Gasteiger partial charge in [0.1, 0.15) is 11.9 Å². The largest absolute Gasteiger partial charge is 0.407 e. The van der Waals surface area contributed by atoms with Gasteiger partial charge in [0.05, 0.1) is 10.7 Å². The Kier molecular flexibility index (Phi) is 3.11. The fourth-order valence-electron chi connectivity index (χ4n) is 1.04. The topological polar surface area (TPSA) is 52.0 Å². The normalized spacial score (nSPS) is 14.0. The van der Waals surface area contributed by atoms with E-state index in [4.69, 9.17) is 23.1 Å². The lowest BCUT2D eigenvalue weighted by Gasteiger charge is -2.18. The summed E-state index contributed by atoms with van der Waals surface area (Å²) in [6, 6.07) is -0.895. The maximum Gasteiger partial charge on any atom is 0.407 e. The molecule has 0 aliphatic heterocycles. The van der Waals surface area contributed by atoms with E-state index in [2.05, 4.69) is 0 Å². The molecule has 0 heterocycles. The molecule has 0 bridgehead atoms. The molecule has 1 aromatic carbocycles. The Morgan fingerprint density at radius 1 is 1.27 bits per heavy atom. The van der Waals surface area contributed by atoms with Gasteiger partial charge in [-0.1, -0.05) is 11.6 Å². The number of hydrogen-bond acceptors (Lipinski definition) is 2. The number of hydrogen-bond donors (Lipinski definition) is 2. The number of nitrogens with two attached hydrogens (primary N) is 2. The van der Waals surface area contributed by atoms with Crippen LogP contribution in [0.5, 0.6) is 0 Å². The molecule has 4 N–H and O–H groups in total. The Bertz CT molecular complexity index is 378. The van der Waals surface area contributed by atoms with Crippen LogP contribution in [0.2, 0.25) is 5.02 Å². The first-order valence-electron chi connectivity index (χ1n) is 3.80. The minimum atomic E-state index is -4.69. The molecule has 1 atom stereocenters. The third-order valence-electron chi connectivity index (χ3n) is 1.81. The molecule has 0 aromatic heterocycles. The van der Waals surface area contributed by atoms with E-state index >= 15 is 0 Å². The van der Waals surface area contributed by atoms with Crippen molar-refractivity contribution in [1.82, 2.24) is 0 Å². The van der Waals surface area contributed by atoms with Crippen LogP contribution in [0.3, 0.4) is 0 Å². The highest BCUT2D eigenvalue weighted by Crippen LogP contribution is 2.36. The predicted octanol–water partition coefficient (Wildman–Crippen LogP) is 2.62. The molecule has 0 fully saturated rings. The van der Waals surface area contributed by atoms with Crippen LogP contribution in [0, 0.1) is 5.82 Å². The van der Waals surface area contributed by atoms with Gasteiger partial charge < -0.3 is 11.5 Å². The summed E-state index contributed by atoms with van der Waals surface area (Å²) in [6.07, 6.45) is -4.69. The highest BCUT2D eigenvalue weighted by molar-refractivity contribution is 6.33. The van der Waals surface area contributed by atoms with Crippen LogP contribution < -0.4 is 11.5 Å². The van der Waals surface area contributed by atoms with Gasteiger partial charge in [-0.3, -0.25) is 0 Å². The first-order valence-corrected chi connectivity index (χ1v) is 4.18. The van der Waals surface area contributed by atoms with Gasteiger partial charge in [0, 0.05) is 5.56 Å². The van der Waals surface area contributed by atoms with Crippen molar-refractivity contribution >= 4 is 17.3 Å². The minimum Gasteiger partial charge on any atom is -0.397 e. The Morgan fingerprint density at radius 2 is 1.80 bits per heavy atom. The molecule has 0 amide bonds. The fourth-order valence-corrected chi connectivity index (χ4v) is 1.25. The Labute approximate surface area is 87.8 Å². The maximum atomic E-state index is 12.8. The number of anilines is 1. The summed E-state index contributed by atoms with van der Waals surface area (Å²) >= 11 is 5.43. The van der Waals surface area contributed by atoms with Crippen molar-refractivity contribution < 1.29 is 17.6 Å². The molecule has 2 nitrogen and oxygen atoms in total. The standard InChI is InChI=1S/C8H7ClF4N2/c9-5-2-3(10)1-4(6(5)14)7(15)8(11,12)13/h1-2,7H,14-15H2/t7-/m0/s1. The van der Waals surface area contributed by atoms with Crippen LogP contribution in [0.25, 0.3) is 0 Å². The lowest BCUT2D eigenvalue weighted by atomic mass is 10.1. The van der Waals surface area contributed by atoms with E-state index in [0.717, 1.165) is 6.07 Å². The average Bonchev–Trinajstić information content (AvgIpc) is 2.08. The fraction of sp³-hybridized carbons (Fsp3) is 0.250. The summed E-state index contributed by atoms with van der Waals surface area (Å²) in [4.78, 5) is 0. The second kappa shape index (κ2) is 3.86. The Balaban J connectivity index is 3.25. The first kappa shape index (κ1) is 12.1. The molecular weight excluding hydrogens is 236 g/mol. The molecular formula is C8H7ClF4N2. The monoisotopic (exact) mass is 242 g/mol. The SMILES string of the molecule is Nc1c(Cl)cc(F)cc1[C@H](N)C(F)(F)F. The molecule has 84 valence electrons. The van der Waals surface area contributed by atoms with Crippen molar-refractivity contribution in [1.29, 1.82) is 0 Å². The molecule has 15 heavy (non-hydrogen) atoms. The van der Waals surface area contributed by atoms with Crippen molar-refractivity contribution in [3.8, 4) is 0 Å². The average molecular weight is 243 g/mol. The van der Waals surface area contributed by atoms with E-state index in [-0.39, 0.29) is 10.7 Å². The van der Waals surface area contributed by atoms with Crippen LogP contribution in [-0.4, -0.2) is 6.18 Å².